The summed E-state index contributed by atoms with van der Waals surface area (Å²) in [4.78, 5) is 14.3. The summed E-state index contributed by atoms with van der Waals surface area (Å²) >= 11 is 0. The molecule has 7 nitrogen and oxygen atoms in total. The molecule has 1 aliphatic heterocycles. The number of sulfonamides is 1. The van der Waals surface area contributed by atoms with Crippen LogP contribution >= 0.6 is 0 Å². The molecule has 164 valence electrons. The summed E-state index contributed by atoms with van der Waals surface area (Å²) in [5.41, 5.74) is 1.89. The van der Waals surface area contributed by atoms with E-state index >= 15 is 0 Å². The third-order valence-corrected chi connectivity index (χ3v) is 6.38. The number of ether oxygens (including phenoxy) is 2. The number of nitrogens with one attached hydrogen (secondary N) is 1. The Hall–Kier alpha value is -2.70. The summed E-state index contributed by atoms with van der Waals surface area (Å²) in [6, 6.07) is 15.1. The van der Waals surface area contributed by atoms with Gasteiger partial charge in [-0.05, 0) is 23.3 Å². The molecule has 3 rings (SSSR count). The van der Waals surface area contributed by atoms with Crippen LogP contribution in [0.4, 0.5) is 0 Å². The molecule has 1 fully saturated rings. The van der Waals surface area contributed by atoms with Gasteiger partial charge in [0.25, 0.3) is 0 Å². The van der Waals surface area contributed by atoms with Gasteiger partial charge in [0.05, 0.1) is 31.8 Å². The zero-order chi connectivity index (χ0) is 22.1. The zero-order valence-electron chi connectivity index (χ0n) is 17.4. The number of methoxy groups -OCH3 is 1. The van der Waals surface area contributed by atoms with E-state index in [1.54, 1.807) is 12.1 Å². The van der Waals surface area contributed by atoms with Gasteiger partial charge in [0.2, 0.25) is 10.0 Å². The number of rotatable bonds is 7. The smallest absolute Gasteiger partial charge is 0.324 e. The zero-order valence-corrected chi connectivity index (χ0v) is 18.2. The maximum absolute atomic E-state index is 12.8. The standard InChI is InChI=1S/C23H26N2O5S/c1-29-23(26)22(9-5-6-14-25-15-17-30-18-16-25)24-31(27,28)21-12-10-20(11-13-21)19-7-3-2-4-8-19/h2-4,7-8,10-13,22,24H,9,14-18H2,1H3. The largest absolute Gasteiger partial charge is 0.468 e. The Balaban J connectivity index is 1.66. The predicted octanol–water partition coefficient (Wildman–Crippen LogP) is 1.90. The van der Waals surface area contributed by atoms with E-state index in [1.165, 1.54) is 19.2 Å². The number of carbonyl (C=O) groups excluding carboxylic acids is 1. The van der Waals surface area contributed by atoms with Crippen molar-refractivity contribution in [1.82, 2.24) is 9.62 Å². The van der Waals surface area contributed by atoms with Gasteiger partial charge in [-0.15, -0.1) is 0 Å². The molecular weight excluding hydrogens is 416 g/mol. The van der Waals surface area contributed by atoms with Crippen molar-refractivity contribution < 1.29 is 22.7 Å². The Morgan fingerprint density at radius 3 is 2.35 bits per heavy atom. The predicted molar refractivity (Wildman–Crippen MR) is 118 cm³/mol. The molecule has 8 heteroatoms. The molecule has 0 aliphatic carbocycles. The maximum atomic E-state index is 12.8. The SMILES string of the molecule is COC(=O)C(CC#CCN1CCOCC1)NS(=O)(=O)c1ccc(-c2ccccc2)cc1. The van der Waals surface area contributed by atoms with Gasteiger partial charge < -0.3 is 9.47 Å². The molecule has 0 radical (unpaired) electrons. The summed E-state index contributed by atoms with van der Waals surface area (Å²) in [6.07, 6.45) is 0.0261. The Morgan fingerprint density at radius 1 is 1.06 bits per heavy atom. The van der Waals surface area contributed by atoms with Gasteiger partial charge in [0.1, 0.15) is 6.04 Å². The number of benzene rings is 2. The van der Waals surface area contributed by atoms with E-state index in [4.69, 9.17) is 9.47 Å². The van der Waals surface area contributed by atoms with Crippen molar-refractivity contribution in [3.8, 4) is 23.0 Å². The second kappa shape index (κ2) is 11.1. The van der Waals surface area contributed by atoms with Gasteiger partial charge in [-0.25, -0.2) is 8.42 Å². The van der Waals surface area contributed by atoms with E-state index in [9.17, 15) is 13.2 Å². The van der Waals surface area contributed by atoms with E-state index in [0.29, 0.717) is 19.8 Å². The number of hydrogen-bond donors (Lipinski definition) is 1. The molecule has 2 aromatic rings. The van der Waals surface area contributed by atoms with Crippen LogP contribution in [0.25, 0.3) is 11.1 Å². The van der Waals surface area contributed by atoms with E-state index in [0.717, 1.165) is 24.2 Å². The molecule has 0 bridgehead atoms. The van der Waals surface area contributed by atoms with Crippen LogP contribution in [0, 0.1) is 11.8 Å². The minimum atomic E-state index is -3.92. The average molecular weight is 443 g/mol. The third kappa shape index (κ3) is 6.64. The van der Waals surface area contributed by atoms with Crippen LogP contribution in [-0.4, -0.2) is 65.3 Å². The summed E-state index contributed by atoms with van der Waals surface area (Å²) in [6.45, 7) is 3.51. The molecule has 0 aromatic heterocycles. The van der Waals surface area contributed by atoms with Gasteiger partial charge in [-0.2, -0.15) is 4.72 Å². The van der Waals surface area contributed by atoms with Crippen LogP contribution in [0.15, 0.2) is 59.5 Å². The van der Waals surface area contributed by atoms with E-state index in [-0.39, 0.29) is 11.3 Å². The summed E-state index contributed by atoms with van der Waals surface area (Å²) in [7, 11) is -2.70. The second-order valence-electron chi connectivity index (χ2n) is 7.03. The number of carbonyl (C=O) groups is 1. The summed E-state index contributed by atoms with van der Waals surface area (Å²) in [5.74, 6) is 5.21. The fraction of sp³-hybridized carbons (Fsp3) is 0.348. The highest BCUT2D eigenvalue weighted by molar-refractivity contribution is 7.89. The van der Waals surface area contributed by atoms with E-state index in [2.05, 4.69) is 21.5 Å². The van der Waals surface area contributed by atoms with Crippen molar-refractivity contribution in [2.45, 2.75) is 17.4 Å². The number of esters is 1. The molecular formula is C23H26N2O5S. The lowest BCUT2D eigenvalue weighted by atomic mass is 10.1. The first-order valence-corrected chi connectivity index (χ1v) is 11.5. The van der Waals surface area contributed by atoms with Gasteiger partial charge in [-0.3, -0.25) is 9.69 Å². The number of hydrogen-bond acceptors (Lipinski definition) is 6. The molecule has 2 aromatic carbocycles. The molecule has 1 N–H and O–H groups in total. The van der Waals surface area contributed by atoms with Crippen LogP contribution in [-0.2, 0) is 24.3 Å². The monoisotopic (exact) mass is 442 g/mol. The average Bonchev–Trinajstić information content (AvgIpc) is 2.82. The molecule has 1 unspecified atom stereocenters. The Kier molecular flexibility index (Phi) is 8.20. The Morgan fingerprint density at radius 2 is 1.71 bits per heavy atom. The first-order chi connectivity index (χ1) is 15.0. The number of morpholine rings is 1. The van der Waals surface area contributed by atoms with Crippen LogP contribution in [0.5, 0.6) is 0 Å². The number of nitrogens with zero attached hydrogens (tertiary/aromatic N) is 1. The van der Waals surface area contributed by atoms with Crippen molar-refractivity contribution in [2.24, 2.45) is 0 Å². The molecule has 1 saturated heterocycles. The molecule has 1 aliphatic rings. The molecule has 1 atom stereocenters. The Labute approximate surface area is 183 Å². The first-order valence-electron chi connectivity index (χ1n) is 10.0. The normalized spacial score (nSPS) is 15.5. The highest BCUT2D eigenvalue weighted by Gasteiger charge is 2.26. The Bertz CT molecular complexity index is 1020. The van der Waals surface area contributed by atoms with Crippen molar-refractivity contribution >= 4 is 16.0 Å². The lowest BCUT2D eigenvalue weighted by Crippen LogP contribution is -2.41. The third-order valence-electron chi connectivity index (χ3n) is 4.89. The highest BCUT2D eigenvalue weighted by Crippen LogP contribution is 2.21. The topological polar surface area (TPSA) is 84.9 Å². The fourth-order valence-corrected chi connectivity index (χ4v) is 4.31. The molecule has 0 spiro atoms. The van der Waals surface area contributed by atoms with Crippen molar-refractivity contribution in [3.05, 3.63) is 54.6 Å². The molecule has 1 heterocycles. The lowest BCUT2D eigenvalue weighted by Gasteiger charge is -2.24. The van der Waals surface area contributed by atoms with Crippen LogP contribution < -0.4 is 4.72 Å². The van der Waals surface area contributed by atoms with Crippen LogP contribution in [0.1, 0.15) is 6.42 Å². The van der Waals surface area contributed by atoms with Gasteiger partial charge >= 0.3 is 5.97 Å². The van der Waals surface area contributed by atoms with Gasteiger partial charge in [0.15, 0.2) is 0 Å². The first kappa shape index (κ1) is 23.0. The summed E-state index contributed by atoms with van der Waals surface area (Å²) < 4.78 is 38.1. The summed E-state index contributed by atoms with van der Waals surface area (Å²) in [5, 5.41) is 0. The minimum Gasteiger partial charge on any atom is -0.468 e. The minimum absolute atomic E-state index is 0.0261. The molecule has 0 amide bonds. The van der Waals surface area contributed by atoms with E-state index in [1.807, 2.05) is 30.3 Å². The highest BCUT2D eigenvalue weighted by atomic mass is 32.2. The lowest BCUT2D eigenvalue weighted by molar-refractivity contribution is -0.142. The van der Waals surface area contributed by atoms with Crippen molar-refractivity contribution in [3.63, 3.8) is 0 Å². The van der Waals surface area contributed by atoms with Gasteiger partial charge in [0, 0.05) is 19.5 Å². The molecule has 31 heavy (non-hydrogen) atoms. The van der Waals surface area contributed by atoms with Crippen molar-refractivity contribution in [2.75, 3.05) is 40.0 Å². The van der Waals surface area contributed by atoms with Crippen molar-refractivity contribution in [1.29, 1.82) is 0 Å². The van der Waals surface area contributed by atoms with E-state index < -0.39 is 22.0 Å². The second-order valence-corrected chi connectivity index (χ2v) is 8.75. The fourth-order valence-electron chi connectivity index (χ4n) is 3.13. The quantitative estimate of drug-likeness (QED) is 0.521. The molecule has 0 saturated carbocycles. The van der Waals surface area contributed by atoms with Crippen LogP contribution in [0.3, 0.4) is 0 Å². The van der Waals surface area contributed by atoms with Gasteiger partial charge in [-0.1, -0.05) is 54.3 Å². The maximum Gasteiger partial charge on any atom is 0.324 e. The van der Waals surface area contributed by atoms with Crippen LogP contribution in [0.2, 0.25) is 0 Å².